The summed E-state index contributed by atoms with van der Waals surface area (Å²) in [5.74, 6) is 0.123. The van der Waals surface area contributed by atoms with Crippen LogP contribution in [-0.2, 0) is 12.0 Å². The Bertz CT molecular complexity index is 796. The van der Waals surface area contributed by atoms with E-state index in [1.165, 1.54) is 0 Å². The number of aromatic amines is 1. The summed E-state index contributed by atoms with van der Waals surface area (Å²) in [7, 11) is 0. The molecular formula is C17H25N5O2. The molecule has 2 aromatic rings. The number of hydrogen-bond donors (Lipinski definition) is 2. The first kappa shape index (κ1) is 17.9. The maximum atomic E-state index is 12.4. The molecule has 2 rings (SSSR count). The van der Waals surface area contributed by atoms with E-state index in [1.807, 2.05) is 51.6 Å². The number of H-pyrrole nitrogens is 1. The summed E-state index contributed by atoms with van der Waals surface area (Å²) >= 11 is 0. The minimum atomic E-state index is -0.444. The average Bonchev–Trinajstić information content (AvgIpc) is 2.92. The third kappa shape index (κ3) is 3.90. The van der Waals surface area contributed by atoms with Crippen LogP contribution in [0.1, 0.15) is 68.2 Å². The lowest BCUT2D eigenvalue weighted by Crippen LogP contribution is -2.33. The molecule has 0 aliphatic heterocycles. The number of carbonyl (C=O) groups excluding carboxylic acids is 1. The molecule has 2 heterocycles. The van der Waals surface area contributed by atoms with Crippen molar-refractivity contribution >= 4 is 5.91 Å². The molecule has 2 N–H and O–H groups in total. The molecule has 0 saturated heterocycles. The monoisotopic (exact) mass is 331 g/mol. The van der Waals surface area contributed by atoms with Crippen LogP contribution in [0.4, 0.5) is 0 Å². The third-order valence-corrected chi connectivity index (χ3v) is 3.66. The van der Waals surface area contributed by atoms with E-state index in [1.54, 1.807) is 6.92 Å². The molecule has 0 aliphatic carbocycles. The first-order valence-corrected chi connectivity index (χ1v) is 8.03. The van der Waals surface area contributed by atoms with Crippen molar-refractivity contribution in [3.05, 3.63) is 45.4 Å². The molecule has 0 aliphatic rings. The van der Waals surface area contributed by atoms with Gasteiger partial charge in [0.2, 0.25) is 0 Å². The maximum absolute atomic E-state index is 12.4. The van der Waals surface area contributed by atoms with Gasteiger partial charge in [-0.1, -0.05) is 20.8 Å². The second kappa shape index (κ2) is 6.59. The van der Waals surface area contributed by atoms with Gasteiger partial charge in [0.25, 0.3) is 11.5 Å². The van der Waals surface area contributed by atoms with Crippen LogP contribution in [0.3, 0.4) is 0 Å². The number of carbonyl (C=O) groups is 1. The highest BCUT2D eigenvalue weighted by atomic mass is 16.2. The fraction of sp³-hybridized carbons (Fsp3) is 0.529. The van der Waals surface area contributed by atoms with Crippen molar-refractivity contribution in [1.82, 2.24) is 25.1 Å². The van der Waals surface area contributed by atoms with Crippen molar-refractivity contribution in [2.24, 2.45) is 0 Å². The molecule has 0 aromatic carbocycles. The second-order valence-electron chi connectivity index (χ2n) is 7.19. The lowest BCUT2D eigenvalue weighted by atomic mass is 9.95. The SMILES string of the molecule is Cc1nc(C(C)(C)C)[nH]c(=O)c1C(=O)NCc1ccn(C(C)C)n1. The molecular weight excluding hydrogens is 306 g/mol. The van der Waals surface area contributed by atoms with Crippen LogP contribution in [0, 0.1) is 6.92 Å². The highest BCUT2D eigenvalue weighted by Gasteiger charge is 2.22. The Hall–Kier alpha value is -2.44. The fourth-order valence-electron chi connectivity index (χ4n) is 2.23. The van der Waals surface area contributed by atoms with Gasteiger partial charge in [-0.15, -0.1) is 0 Å². The van der Waals surface area contributed by atoms with Crippen molar-refractivity contribution in [3.63, 3.8) is 0 Å². The van der Waals surface area contributed by atoms with Crippen molar-refractivity contribution in [2.45, 2.75) is 59.5 Å². The Balaban J connectivity index is 2.16. The number of nitrogens with one attached hydrogen (secondary N) is 2. The molecule has 0 atom stereocenters. The van der Waals surface area contributed by atoms with Gasteiger partial charge in [-0.05, 0) is 26.8 Å². The first-order chi connectivity index (χ1) is 11.1. The lowest BCUT2D eigenvalue weighted by molar-refractivity contribution is 0.0947. The van der Waals surface area contributed by atoms with Crippen molar-refractivity contribution in [2.75, 3.05) is 0 Å². The second-order valence-corrected chi connectivity index (χ2v) is 7.19. The first-order valence-electron chi connectivity index (χ1n) is 8.03. The van der Waals surface area contributed by atoms with Crippen molar-refractivity contribution in [1.29, 1.82) is 0 Å². The average molecular weight is 331 g/mol. The van der Waals surface area contributed by atoms with Crippen LogP contribution in [-0.4, -0.2) is 25.7 Å². The predicted molar refractivity (Wildman–Crippen MR) is 92.1 cm³/mol. The summed E-state index contributed by atoms with van der Waals surface area (Å²) < 4.78 is 1.82. The Morgan fingerprint density at radius 2 is 2.04 bits per heavy atom. The molecule has 0 spiro atoms. The van der Waals surface area contributed by atoms with E-state index in [0.29, 0.717) is 11.5 Å². The van der Waals surface area contributed by atoms with Gasteiger partial charge >= 0.3 is 0 Å². The molecule has 7 heteroatoms. The van der Waals surface area contributed by atoms with Gasteiger partial charge in [-0.25, -0.2) is 4.98 Å². The van der Waals surface area contributed by atoms with Crippen LogP contribution in [0.5, 0.6) is 0 Å². The molecule has 0 saturated carbocycles. The summed E-state index contributed by atoms with van der Waals surface area (Å²) in [6.45, 7) is 11.9. The molecule has 1 amide bonds. The van der Waals surface area contributed by atoms with Gasteiger partial charge in [-0.3, -0.25) is 14.3 Å². The van der Waals surface area contributed by atoms with E-state index in [9.17, 15) is 9.59 Å². The summed E-state index contributed by atoms with van der Waals surface area (Å²) in [5, 5.41) is 7.10. The van der Waals surface area contributed by atoms with Gasteiger partial charge in [-0.2, -0.15) is 5.10 Å². The molecule has 0 bridgehead atoms. The number of aryl methyl sites for hydroxylation is 1. The summed E-state index contributed by atoms with van der Waals surface area (Å²) in [6.07, 6.45) is 1.86. The highest BCUT2D eigenvalue weighted by Crippen LogP contribution is 2.17. The molecule has 7 nitrogen and oxygen atoms in total. The standard InChI is InChI=1S/C17H25N5O2/c1-10(2)22-8-7-12(21-22)9-18-14(23)13-11(3)19-16(17(4,5)6)20-15(13)24/h7-8,10H,9H2,1-6H3,(H,18,23)(H,19,20,24). The fourth-order valence-corrected chi connectivity index (χ4v) is 2.23. The van der Waals surface area contributed by atoms with E-state index < -0.39 is 11.5 Å². The number of amides is 1. The Labute approximate surface area is 141 Å². The van der Waals surface area contributed by atoms with Gasteiger partial charge in [0.1, 0.15) is 11.4 Å². The molecule has 0 radical (unpaired) electrons. The zero-order valence-corrected chi connectivity index (χ0v) is 15.1. The van der Waals surface area contributed by atoms with Crippen molar-refractivity contribution in [3.8, 4) is 0 Å². The van der Waals surface area contributed by atoms with E-state index in [2.05, 4.69) is 20.4 Å². The predicted octanol–water partition coefficient (Wildman–Crippen LogP) is 2.08. The van der Waals surface area contributed by atoms with Gasteiger partial charge in [0.05, 0.1) is 17.9 Å². The summed E-state index contributed by atoms with van der Waals surface area (Å²) in [5.41, 5.74) is 0.506. The molecule has 130 valence electrons. The van der Waals surface area contributed by atoms with Crippen LogP contribution in [0.25, 0.3) is 0 Å². The Morgan fingerprint density at radius 3 is 2.54 bits per heavy atom. The van der Waals surface area contributed by atoms with E-state index in [4.69, 9.17) is 0 Å². The molecule has 0 fully saturated rings. The Kier molecular flexibility index (Phi) is 4.91. The van der Waals surface area contributed by atoms with Crippen LogP contribution >= 0.6 is 0 Å². The highest BCUT2D eigenvalue weighted by molar-refractivity contribution is 5.94. The quantitative estimate of drug-likeness (QED) is 0.897. The number of nitrogens with zero attached hydrogens (tertiary/aromatic N) is 3. The largest absolute Gasteiger partial charge is 0.346 e. The topological polar surface area (TPSA) is 92.7 Å². The number of rotatable bonds is 4. The summed E-state index contributed by atoms with van der Waals surface area (Å²) in [6, 6.07) is 2.10. The van der Waals surface area contributed by atoms with Gasteiger partial charge < -0.3 is 10.3 Å². The zero-order chi connectivity index (χ0) is 18.1. The van der Waals surface area contributed by atoms with Crippen LogP contribution in [0.15, 0.2) is 17.1 Å². The minimum Gasteiger partial charge on any atom is -0.346 e. The smallest absolute Gasteiger partial charge is 0.264 e. The molecule has 2 aromatic heterocycles. The van der Waals surface area contributed by atoms with E-state index >= 15 is 0 Å². The van der Waals surface area contributed by atoms with E-state index in [-0.39, 0.29) is 23.6 Å². The maximum Gasteiger partial charge on any atom is 0.264 e. The van der Waals surface area contributed by atoms with Crippen LogP contribution < -0.4 is 10.9 Å². The Morgan fingerprint density at radius 1 is 1.38 bits per heavy atom. The lowest BCUT2D eigenvalue weighted by Gasteiger charge is -2.18. The van der Waals surface area contributed by atoms with E-state index in [0.717, 1.165) is 5.69 Å². The molecule has 24 heavy (non-hydrogen) atoms. The number of hydrogen-bond acceptors (Lipinski definition) is 4. The zero-order valence-electron chi connectivity index (χ0n) is 15.1. The van der Waals surface area contributed by atoms with Gasteiger partial charge in [0.15, 0.2) is 0 Å². The minimum absolute atomic E-state index is 0.0475. The van der Waals surface area contributed by atoms with Crippen LogP contribution in [0.2, 0.25) is 0 Å². The van der Waals surface area contributed by atoms with Gasteiger partial charge in [0, 0.05) is 17.7 Å². The molecule has 0 unspecified atom stereocenters. The third-order valence-electron chi connectivity index (χ3n) is 3.66. The van der Waals surface area contributed by atoms with Crippen molar-refractivity contribution < 1.29 is 4.79 Å². The normalized spacial score (nSPS) is 11.8. The summed E-state index contributed by atoms with van der Waals surface area (Å²) in [4.78, 5) is 31.7. The number of aromatic nitrogens is 4.